The van der Waals surface area contributed by atoms with Crippen LogP contribution in [0.15, 0.2) is 60.7 Å². The minimum absolute atomic E-state index is 0.0213. The number of benzene rings is 2. The van der Waals surface area contributed by atoms with Gasteiger partial charge >= 0.3 is 0 Å². The Bertz CT molecular complexity index is 1400. The second kappa shape index (κ2) is 8.03. The Balaban J connectivity index is 1.41. The first kappa shape index (κ1) is 21.2. The normalized spacial score (nSPS) is 15.2. The molecule has 1 N–H and O–H groups in total. The number of halogens is 1. The Kier molecular flexibility index (Phi) is 5.31. The molecule has 2 aromatic carbocycles. The summed E-state index contributed by atoms with van der Waals surface area (Å²) in [4.78, 5) is 10.3. The van der Waals surface area contributed by atoms with Gasteiger partial charge in [-0.2, -0.15) is 0 Å². The number of hydrogen-bond donors (Lipinski definition) is 1. The molecule has 0 aliphatic heterocycles. The summed E-state index contributed by atoms with van der Waals surface area (Å²) in [5.74, 6) is -0.371. The zero-order valence-corrected chi connectivity index (χ0v) is 19.1. The van der Waals surface area contributed by atoms with Crippen molar-refractivity contribution < 1.29 is 12.8 Å². The Morgan fingerprint density at radius 3 is 2.53 bits per heavy atom. The predicted molar refractivity (Wildman–Crippen MR) is 126 cm³/mol. The van der Waals surface area contributed by atoms with Crippen LogP contribution in [0.1, 0.15) is 29.7 Å². The van der Waals surface area contributed by atoms with Crippen LogP contribution in [0.25, 0.3) is 20.9 Å². The maximum Gasteiger partial charge on any atom is 0.208 e. The number of nitrogens with zero attached hydrogens (tertiary/aromatic N) is 2. The number of rotatable bonds is 7. The standard InChI is InChI=1S/C24H22FN3O2S2/c1-32(29,30)26-14-11-16-7-8-18(19(25)15-16)22-27-20-9-10-21(28-23(20)31-22)24(12-13-24)17-5-3-2-4-6-17/h2-10,15,26H,11-14H2,1H3. The highest BCUT2D eigenvalue weighted by Crippen LogP contribution is 2.53. The van der Waals surface area contributed by atoms with Crippen molar-refractivity contribution in [1.82, 2.24) is 14.7 Å². The molecule has 8 heteroatoms. The van der Waals surface area contributed by atoms with Crippen LogP contribution in [-0.2, 0) is 21.9 Å². The fourth-order valence-corrected chi connectivity index (χ4v) is 5.48. The summed E-state index contributed by atoms with van der Waals surface area (Å²) in [5.41, 5.74) is 4.22. The van der Waals surface area contributed by atoms with Crippen LogP contribution in [-0.4, -0.2) is 31.2 Å². The third kappa shape index (κ3) is 4.18. The Labute approximate surface area is 190 Å². The Hall–Kier alpha value is -2.68. The van der Waals surface area contributed by atoms with Crippen LogP contribution >= 0.6 is 11.3 Å². The van der Waals surface area contributed by atoms with E-state index in [1.165, 1.54) is 23.0 Å². The van der Waals surface area contributed by atoms with Crippen molar-refractivity contribution in [3.63, 3.8) is 0 Å². The van der Waals surface area contributed by atoms with Gasteiger partial charge in [0.2, 0.25) is 10.0 Å². The SMILES string of the molecule is CS(=O)(=O)NCCc1ccc(-c2nc3ccc(C4(c5ccccc5)CC4)nc3s2)c(F)c1. The molecule has 0 radical (unpaired) electrons. The summed E-state index contributed by atoms with van der Waals surface area (Å²) < 4.78 is 39.6. The summed E-state index contributed by atoms with van der Waals surface area (Å²) in [5, 5.41) is 0.590. The highest BCUT2D eigenvalue weighted by molar-refractivity contribution is 7.88. The lowest BCUT2D eigenvalue weighted by atomic mass is 9.92. The van der Waals surface area contributed by atoms with Gasteiger partial charge in [0.15, 0.2) is 0 Å². The van der Waals surface area contributed by atoms with Crippen molar-refractivity contribution in [3.05, 3.63) is 83.3 Å². The maximum absolute atomic E-state index is 14.8. The quantitative estimate of drug-likeness (QED) is 0.429. The van der Waals surface area contributed by atoms with Crippen LogP contribution in [0.5, 0.6) is 0 Å². The van der Waals surface area contributed by atoms with E-state index in [4.69, 9.17) is 4.98 Å². The third-order valence-electron chi connectivity index (χ3n) is 5.86. The van der Waals surface area contributed by atoms with Crippen LogP contribution < -0.4 is 4.72 Å². The molecule has 1 fully saturated rings. The fraction of sp³-hybridized carbons (Fsp3) is 0.250. The first-order valence-electron chi connectivity index (χ1n) is 10.4. The van der Waals surface area contributed by atoms with Crippen LogP contribution in [0.3, 0.4) is 0 Å². The summed E-state index contributed by atoms with van der Waals surface area (Å²) >= 11 is 1.39. The van der Waals surface area contributed by atoms with E-state index in [1.807, 2.05) is 24.3 Å². The molecule has 1 aliphatic rings. The van der Waals surface area contributed by atoms with Crippen LogP contribution in [0.4, 0.5) is 4.39 Å². The molecule has 2 heterocycles. The minimum atomic E-state index is -3.26. The van der Waals surface area contributed by atoms with Crippen LogP contribution in [0.2, 0.25) is 0 Å². The van der Waals surface area contributed by atoms with E-state index in [0.29, 0.717) is 17.0 Å². The molecule has 1 saturated carbocycles. The number of thiazole rings is 1. The zero-order valence-electron chi connectivity index (χ0n) is 17.5. The van der Waals surface area contributed by atoms with E-state index in [2.05, 4.69) is 34.0 Å². The number of fused-ring (bicyclic) bond motifs is 1. The molecule has 0 spiro atoms. The molecule has 0 bridgehead atoms. The number of sulfonamides is 1. The van der Waals surface area contributed by atoms with Crippen molar-refractivity contribution in [2.24, 2.45) is 0 Å². The highest BCUT2D eigenvalue weighted by Gasteiger charge is 2.47. The van der Waals surface area contributed by atoms with Crippen molar-refractivity contribution >= 4 is 31.7 Å². The van der Waals surface area contributed by atoms with E-state index in [0.717, 1.165) is 40.7 Å². The summed E-state index contributed by atoms with van der Waals surface area (Å²) in [6.07, 6.45) is 3.67. The van der Waals surface area contributed by atoms with Gasteiger partial charge in [-0.15, -0.1) is 0 Å². The average Bonchev–Trinajstić information content (AvgIpc) is 3.46. The monoisotopic (exact) mass is 467 g/mol. The number of aromatic nitrogens is 2. The highest BCUT2D eigenvalue weighted by atomic mass is 32.2. The van der Waals surface area contributed by atoms with Gasteiger partial charge in [0.25, 0.3) is 0 Å². The second-order valence-electron chi connectivity index (χ2n) is 8.22. The van der Waals surface area contributed by atoms with Crippen molar-refractivity contribution in [1.29, 1.82) is 0 Å². The van der Waals surface area contributed by atoms with Gasteiger partial charge in [0.05, 0.1) is 11.9 Å². The van der Waals surface area contributed by atoms with Gasteiger partial charge < -0.3 is 0 Å². The summed E-state index contributed by atoms with van der Waals surface area (Å²) in [6.45, 7) is 0.231. The number of pyridine rings is 1. The molecule has 0 saturated heterocycles. The van der Waals surface area contributed by atoms with Crippen molar-refractivity contribution in [2.75, 3.05) is 12.8 Å². The average molecular weight is 468 g/mol. The van der Waals surface area contributed by atoms with E-state index in [1.54, 1.807) is 6.07 Å². The lowest BCUT2D eigenvalue weighted by molar-refractivity contribution is 0.587. The molecule has 2 aromatic heterocycles. The van der Waals surface area contributed by atoms with E-state index in [-0.39, 0.29) is 17.8 Å². The largest absolute Gasteiger partial charge is 0.239 e. The molecule has 5 nitrogen and oxygen atoms in total. The zero-order chi connectivity index (χ0) is 22.3. The van der Waals surface area contributed by atoms with Gasteiger partial charge in [-0.1, -0.05) is 47.7 Å². The molecule has 32 heavy (non-hydrogen) atoms. The first-order valence-corrected chi connectivity index (χ1v) is 13.1. The summed E-state index contributed by atoms with van der Waals surface area (Å²) in [6, 6.07) is 19.4. The third-order valence-corrected chi connectivity index (χ3v) is 7.59. The molecule has 0 amide bonds. The first-order chi connectivity index (χ1) is 15.3. The van der Waals surface area contributed by atoms with Gasteiger partial charge in [0.1, 0.15) is 21.2 Å². The number of nitrogens with one attached hydrogen (secondary N) is 1. The Morgan fingerprint density at radius 1 is 1.06 bits per heavy atom. The van der Waals surface area contributed by atoms with Crippen molar-refractivity contribution in [2.45, 2.75) is 24.7 Å². The lowest BCUT2D eigenvalue weighted by Gasteiger charge is -2.14. The van der Waals surface area contributed by atoms with Crippen LogP contribution in [0, 0.1) is 5.82 Å². The van der Waals surface area contributed by atoms with E-state index in [9.17, 15) is 12.8 Å². The molecular weight excluding hydrogens is 445 g/mol. The molecule has 4 aromatic rings. The van der Waals surface area contributed by atoms with Gasteiger partial charge in [-0.3, -0.25) is 0 Å². The fourth-order valence-electron chi connectivity index (χ4n) is 4.04. The molecule has 0 atom stereocenters. The van der Waals surface area contributed by atoms with E-state index < -0.39 is 10.0 Å². The maximum atomic E-state index is 14.8. The lowest BCUT2D eigenvalue weighted by Crippen LogP contribution is -2.24. The molecule has 5 rings (SSSR count). The predicted octanol–water partition coefficient (Wildman–Crippen LogP) is 4.67. The molecule has 164 valence electrons. The minimum Gasteiger partial charge on any atom is -0.239 e. The van der Waals surface area contributed by atoms with Gasteiger partial charge in [0, 0.05) is 17.5 Å². The number of hydrogen-bond acceptors (Lipinski definition) is 5. The summed E-state index contributed by atoms with van der Waals surface area (Å²) in [7, 11) is -3.26. The Morgan fingerprint density at radius 2 is 1.84 bits per heavy atom. The molecule has 1 aliphatic carbocycles. The smallest absolute Gasteiger partial charge is 0.208 e. The van der Waals surface area contributed by atoms with Crippen molar-refractivity contribution in [3.8, 4) is 10.6 Å². The van der Waals surface area contributed by atoms with Gasteiger partial charge in [-0.05, 0) is 54.7 Å². The second-order valence-corrected chi connectivity index (χ2v) is 11.0. The molecule has 0 unspecified atom stereocenters. The topological polar surface area (TPSA) is 72.0 Å². The van der Waals surface area contributed by atoms with Gasteiger partial charge in [-0.25, -0.2) is 27.5 Å². The van der Waals surface area contributed by atoms with E-state index >= 15 is 0 Å². The molecular formula is C24H22FN3O2S2.